The Hall–Kier alpha value is -0.980. The van der Waals surface area contributed by atoms with E-state index in [9.17, 15) is 0 Å². The molecular formula is C11H18O. The van der Waals surface area contributed by atoms with Crippen molar-refractivity contribution in [3.63, 3.8) is 0 Å². The van der Waals surface area contributed by atoms with Crippen molar-refractivity contribution in [3.05, 3.63) is 29.3 Å². The fourth-order valence-corrected chi connectivity index (χ4v) is 1.08. The molecule has 0 N–H and O–H groups in total. The van der Waals surface area contributed by atoms with Crippen molar-refractivity contribution < 1.29 is 4.74 Å². The Balaban J connectivity index is 0.00000121. The lowest BCUT2D eigenvalue weighted by Gasteiger charge is -2.05. The molecule has 0 spiro atoms. The van der Waals surface area contributed by atoms with Crippen molar-refractivity contribution in [2.24, 2.45) is 0 Å². The minimum Gasteiger partial charge on any atom is -0.496 e. The quantitative estimate of drug-likeness (QED) is 0.655. The van der Waals surface area contributed by atoms with Crippen LogP contribution in [0.5, 0.6) is 5.75 Å². The van der Waals surface area contributed by atoms with Crippen LogP contribution < -0.4 is 4.74 Å². The van der Waals surface area contributed by atoms with E-state index in [4.69, 9.17) is 4.74 Å². The number of ether oxygens (including phenoxy) is 1. The van der Waals surface area contributed by atoms with Gasteiger partial charge in [-0.1, -0.05) is 26.5 Å². The summed E-state index contributed by atoms with van der Waals surface area (Å²) in [7, 11) is 1.71. The van der Waals surface area contributed by atoms with Crippen LogP contribution in [0.25, 0.3) is 0 Å². The van der Waals surface area contributed by atoms with Gasteiger partial charge >= 0.3 is 0 Å². The first-order chi connectivity index (χ1) is 5.27. The SMILES string of the molecule is C.CCc1ccc(C)c(OC)c1. The van der Waals surface area contributed by atoms with Crippen LogP contribution in [0, 0.1) is 6.92 Å². The average Bonchev–Trinajstić information content (AvgIpc) is 2.05. The summed E-state index contributed by atoms with van der Waals surface area (Å²) in [6.07, 6.45) is 1.07. The zero-order valence-corrected chi connectivity index (χ0v) is 7.35. The monoisotopic (exact) mass is 166 g/mol. The Bertz CT molecular complexity index is 241. The van der Waals surface area contributed by atoms with Gasteiger partial charge in [-0.15, -0.1) is 0 Å². The second-order valence-electron chi connectivity index (χ2n) is 2.66. The highest BCUT2D eigenvalue weighted by Gasteiger charge is 1.97. The minimum atomic E-state index is 0. The fraction of sp³-hybridized carbons (Fsp3) is 0.455. The molecule has 1 heteroatoms. The Morgan fingerprint density at radius 3 is 2.50 bits per heavy atom. The van der Waals surface area contributed by atoms with Gasteiger partial charge in [0, 0.05) is 0 Å². The standard InChI is InChI=1S/C10H14O.CH4/c1-4-9-6-5-8(2)10(7-9)11-3;/h5-7H,4H2,1-3H3;1H4. The molecule has 0 aliphatic rings. The molecule has 0 aromatic heterocycles. The third-order valence-corrected chi connectivity index (χ3v) is 1.88. The number of benzene rings is 1. The van der Waals surface area contributed by atoms with Crippen molar-refractivity contribution in [2.75, 3.05) is 7.11 Å². The van der Waals surface area contributed by atoms with Gasteiger partial charge in [0.2, 0.25) is 0 Å². The van der Waals surface area contributed by atoms with E-state index in [1.54, 1.807) is 7.11 Å². The van der Waals surface area contributed by atoms with Crippen LogP contribution in [0.2, 0.25) is 0 Å². The summed E-state index contributed by atoms with van der Waals surface area (Å²) >= 11 is 0. The van der Waals surface area contributed by atoms with Crippen molar-refractivity contribution in [1.82, 2.24) is 0 Å². The van der Waals surface area contributed by atoms with Crippen LogP contribution in [-0.2, 0) is 6.42 Å². The third kappa shape index (κ3) is 2.26. The molecule has 12 heavy (non-hydrogen) atoms. The average molecular weight is 166 g/mol. The molecule has 0 saturated heterocycles. The molecule has 0 bridgehead atoms. The smallest absolute Gasteiger partial charge is 0.122 e. The lowest BCUT2D eigenvalue weighted by molar-refractivity contribution is 0.411. The number of rotatable bonds is 2. The molecular weight excluding hydrogens is 148 g/mol. The van der Waals surface area contributed by atoms with Crippen molar-refractivity contribution in [3.8, 4) is 5.75 Å². The molecule has 0 fully saturated rings. The first kappa shape index (κ1) is 11.0. The molecule has 0 radical (unpaired) electrons. The lowest BCUT2D eigenvalue weighted by atomic mass is 10.1. The molecule has 0 heterocycles. The number of hydrogen-bond acceptors (Lipinski definition) is 1. The predicted octanol–water partition coefficient (Wildman–Crippen LogP) is 3.20. The second-order valence-corrected chi connectivity index (χ2v) is 2.66. The summed E-state index contributed by atoms with van der Waals surface area (Å²) in [6.45, 7) is 4.20. The molecule has 0 aliphatic carbocycles. The summed E-state index contributed by atoms with van der Waals surface area (Å²) in [5, 5.41) is 0. The van der Waals surface area contributed by atoms with Gasteiger partial charge in [0.05, 0.1) is 7.11 Å². The van der Waals surface area contributed by atoms with Crippen LogP contribution in [-0.4, -0.2) is 7.11 Å². The van der Waals surface area contributed by atoms with Crippen molar-refractivity contribution in [1.29, 1.82) is 0 Å². The molecule has 1 nitrogen and oxygen atoms in total. The molecule has 0 unspecified atom stereocenters. The molecule has 68 valence electrons. The van der Waals surface area contributed by atoms with E-state index in [0.29, 0.717) is 0 Å². The van der Waals surface area contributed by atoms with Crippen LogP contribution in [0.3, 0.4) is 0 Å². The van der Waals surface area contributed by atoms with E-state index in [-0.39, 0.29) is 7.43 Å². The van der Waals surface area contributed by atoms with Gasteiger partial charge in [0.15, 0.2) is 0 Å². The topological polar surface area (TPSA) is 9.23 Å². The normalized spacial score (nSPS) is 8.92. The molecule has 0 aliphatic heterocycles. The maximum absolute atomic E-state index is 5.19. The zero-order valence-electron chi connectivity index (χ0n) is 7.35. The molecule has 1 rings (SSSR count). The maximum Gasteiger partial charge on any atom is 0.122 e. The van der Waals surface area contributed by atoms with Crippen molar-refractivity contribution in [2.45, 2.75) is 27.7 Å². The van der Waals surface area contributed by atoms with E-state index in [2.05, 4.69) is 32.0 Å². The van der Waals surface area contributed by atoms with Gasteiger partial charge in [-0.25, -0.2) is 0 Å². The van der Waals surface area contributed by atoms with Gasteiger partial charge in [-0.05, 0) is 30.5 Å². The van der Waals surface area contributed by atoms with Gasteiger partial charge in [0.25, 0.3) is 0 Å². The van der Waals surface area contributed by atoms with Crippen LogP contribution >= 0.6 is 0 Å². The molecule has 1 aromatic carbocycles. The van der Waals surface area contributed by atoms with Gasteiger partial charge in [-0.3, -0.25) is 0 Å². The number of hydrogen-bond donors (Lipinski definition) is 0. The molecule has 0 saturated carbocycles. The highest BCUT2D eigenvalue weighted by molar-refractivity contribution is 5.36. The predicted molar refractivity (Wildman–Crippen MR) is 53.8 cm³/mol. The largest absolute Gasteiger partial charge is 0.496 e. The lowest BCUT2D eigenvalue weighted by Crippen LogP contribution is -1.88. The number of aryl methyl sites for hydroxylation is 2. The Labute approximate surface area is 75.4 Å². The van der Waals surface area contributed by atoms with Crippen LogP contribution in [0.4, 0.5) is 0 Å². The van der Waals surface area contributed by atoms with Crippen LogP contribution in [0.1, 0.15) is 25.5 Å². The summed E-state index contributed by atoms with van der Waals surface area (Å²) < 4.78 is 5.19. The number of methoxy groups -OCH3 is 1. The Kier molecular flexibility index (Phi) is 4.42. The fourth-order valence-electron chi connectivity index (χ4n) is 1.08. The summed E-state index contributed by atoms with van der Waals surface area (Å²) in [6, 6.07) is 6.32. The summed E-state index contributed by atoms with van der Waals surface area (Å²) in [4.78, 5) is 0. The van der Waals surface area contributed by atoms with Crippen molar-refractivity contribution >= 4 is 0 Å². The summed E-state index contributed by atoms with van der Waals surface area (Å²) in [5.41, 5.74) is 2.53. The van der Waals surface area contributed by atoms with Crippen LogP contribution in [0.15, 0.2) is 18.2 Å². The summed E-state index contributed by atoms with van der Waals surface area (Å²) in [5.74, 6) is 0.990. The zero-order chi connectivity index (χ0) is 8.27. The first-order valence-corrected chi connectivity index (χ1v) is 3.91. The molecule has 0 amide bonds. The maximum atomic E-state index is 5.19. The van der Waals surface area contributed by atoms with E-state index < -0.39 is 0 Å². The van der Waals surface area contributed by atoms with Gasteiger partial charge < -0.3 is 4.74 Å². The second kappa shape index (κ2) is 4.81. The van der Waals surface area contributed by atoms with E-state index in [1.807, 2.05) is 0 Å². The Morgan fingerprint density at radius 1 is 1.33 bits per heavy atom. The van der Waals surface area contributed by atoms with Gasteiger partial charge in [-0.2, -0.15) is 0 Å². The van der Waals surface area contributed by atoms with Gasteiger partial charge in [0.1, 0.15) is 5.75 Å². The molecule has 1 aromatic rings. The highest BCUT2D eigenvalue weighted by atomic mass is 16.5. The first-order valence-electron chi connectivity index (χ1n) is 3.91. The highest BCUT2D eigenvalue weighted by Crippen LogP contribution is 2.18. The molecule has 0 atom stereocenters. The van der Waals surface area contributed by atoms with E-state index in [0.717, 1.165) is 12.2 Å². The Morgan fingerprint density at radius 2 is 2.00 bits per heavy atom. The minimum absolute atomic E-state index is 0. The third-order valence-electron chi connectivity index (χ3n) is 1.88. The van der Waals surface area contributed by atoms with E-state index in [1.165, 1.54) is 11.1 Å². The van der Waals surface area contributed by atoms with E-state index >= 15 is 0 Å².